The van der Waals surface area contributed by atoms with Gasteiger partial charge in [-0.05, 0) is 17.2 Å². The third-order valence-corrected chi connectivity index (χ3v) is 2.82. The lowest BCUT2D eigenvalue weighted by atomic mass is 9.98. The first-order valence-electron chi connectivity index (χ1n) is 5.70. The van der Waals surface area contributed by atoms with Crippen molar-refractivity contribution < 1.29 is 13.9 Å². The lowest BCUT2D eigenvalue weighted by Crippen LogP contribution is -2.08. The van der Waals surface area contributed by atoms with Crippen molar-refractivity contribution in [1.29, 1.82) is 0 Å². The summed E-state index contributed by atoms with van der Waals surface area (Å²) in [4.78, 5) is 0. The highest BCUT2D eigenvalue weighted by Crippen LogP contribution is 2.30. The zero-order valence-corrected chi connectivity index (χ0v) is 9.98. The van der Waals surface area contributed by atoms with Gasteiger partial charge >= 0.3 is 0 Å². The summed E-state index contributed by atoms with van der Waals surface area (Å²) in [7, 11) is 0. The van der Waals surface area contributed by atoms with Crippen LogP contribution in [0.3, 0.4) is 0 Å². The van der Waals surface area contributed by atoms with Crippen LogP contribution in [-0.4, -0.2) is 5.11 Å². The fourth-order valence-electron chi connectivity index (χ4n) is 1.81. The molecule has 0 saturated heterocycles. The fraction of sp³-hybridized carbons (Fsp3) is 0.200. The van der Waals surface area contributed by atoms with Gasteiger partial charge in [-0.3, -0.25) is 0 Å². The predicted molar refractivity (Wildman–Crippen MR) is 66.5 cm³/mol. The molecule has 1 atom stereocenters. The Morgan fingerprint density at radius 2 is 1.56 bits per heavy atom. The minimum absolute atomic E-state index is 0.0880. The zero-order valence-electron chi connectivity index (χ0n) is 9.98. The highest BCUT2D eigenvalue weighted by Gasteiger charge is 2.25. The zero-order chi connectivity index (χ0) is 13.2. The van der Waals surface area contributed by atoms with E-state index in [-0.39, 0.29) is 5.56 Å². The highest BCUT2D eigenvalue weighted by molar-refractivity contribution is 5.33. The molecule has 18 heavy (non-hydrogen) atoms. The Balaban J connectivity index is 2.35. The molecule has 0 saturated carbocycles. The van der Waals surface area contributed by atoms with E-state index >= 15 is 0 Å². The standard InChI is InChI=1S/C15H14F2O/c1-15(16,17)13-9-5-8-12(10-13)14(18)11-6-3-2-4-7-11/h2-10,14,18H,1H3. The van der Waals surface area contributed by atoms with Crippen LogP contribution in [0.1, 0.15) is 29.7 Å². The maximum atomic E-state index is 13.2. The fourth-order valence-corrected chi connectivity index (χ4v) is 1.81. The Morgan fingerprint density at radius 1 is 0.944 bits per heavy atom. The van der Waals surface area contributed by atoms with E-state index in [1.54, 1.807) is 30.3 Å². The molecule has 1 unspecified atom stereocenters. The van der Waals surface area contributed by atoms with Gasteiger partial charge in [0.1, 0.15) is 6.10 Å². The SMILES string of the molecule is CC(F)(F)c1cccc(C(O)c2ccccc2)c1. The van der Waals surface area contributed by atoms with Gasteiger partial charge in [-0.15, -0.1) is 0 Å². The minimum Gasteiger partial charge on any atom is -0.384 e. The van der Waals surface area contributed by atoms with Gasteiger partial charge < -0.3 is 5.11 Å². The number of hydrogen-bond donors (Lipinski definition) is 1. The molecule has 3 heteroatoms. The average molecular weight is 248 g/mol. The quantitative estimate of drug-likeness (QED) is 0.874. The normalized spacial score (nSPS) is 13.3. The number of aliphatic hydroxyl groups excluding tert-OH is 1. The second-order valence-electron chi connectivity index (χ2n) is 4.33. The lowest BCUT2D eigenvalue weighted by Gasteiger charge is -2.15. The molecule has 0 fully saturated rings. The molecule has 0 aliphatic heterocycles. The highest BCUT2D eigenvalue weighted by atomic mass is 19.3. The number of hydrogen-bond acceptors (Lipinski definition) is 1. The van der Waals surface area contributed by atoms with Gasteiger partial charge in [0.2, 0.25) is 0 Å². The Labute approximate surface area is 105 Å². The molecule has 0 heterocycles. The summed E-state index contributed by atoms with van der Waals surface area (Å²) in [6, 6.07) is 14.9. The van der Waals surface area contributed by atoms with Crippen LogP contribution < -0.4 is 0 Å². The molecule has 0 aromatic heterocycles. The van der Waals surface area contributed by atoms with Gasteiger partial charge in [0.25, 0.3) is 5.92 Å². The van der Waals surface area contributed by atoms with Crippen molar-refractivity contribution >= 4 is 0 Å². The molecular formula is C15H14F2O. The van der Waals surface area contributed by atoms with E-state index in [0.29, 0.717) is 11.1 Å². The summed E-state index contributed by atoms with van der Waals surface area (Å²) >= 11 is 0. The summed E-state index contributed by atoms with van der Waals surface area (Å²) in [5.41, 5.74) is 1.07. The molecule has 0 amide bonds. The van der Waals surface area contributed by atoms with E-state index < -0.39 is 12.0 Å². The van der Waals surface area contributed by atoms with Crippen LogP contribution in [0.5, 0.6) is 0 Å². The topological polar surface area (TPSA) is 20.2 Å². The van der Waals surface area contributed by atoms with Gasteiger partial charge in [0.05, 0.1) is 0 Å². The van der Waals surface area contributed by atoms with Crippen LogP contribution in [0.4, 0.5) is 8.78 Å². The summed E-state index contributed by atoms with van der Waals surface area (Å²) in [6.07, 6.45) is -0.881. The van der Waals surface area contributed by atoms with Gasteiger partial charge in [-0.2, -0.15) is 0 Å². The van der Waals surface area contributed by atoms with E-state index in [4.69, 9.17) is 0 Å². The second-order valence-corrected chi connectivity index (χ2v) is 4.33. The third kappa shape index (κ3) is 2.74. The molecule has 0 spiro atoms. The first-order valence-corrected chi connectivity index (χ1v) is 5.70. The van der Waals surface area contributed by atoms with Crippen LogP contribution in [0.15, 0.2) is 54.6 Å². The number of rotatable bonds is 3. The molecule has 2 aromatic rings. The second kappa shape index (κ2) is 4.86. The van der Waals surface area contributed by atoms with E-state index in [1.165, 1.54) is 18.2 Å². The number of alkyl halides is 2. The van der Waals surface area contributed by atoms with Crippen molar-refractivity contribution in [2.24, 2.45) is 0 Å². The van der Waals surface area contributed by atoms with Crippen molar-refractivity contribution in [1.82, 2.24) is 0 Å². The Bertz CT molecular complexity index is 518. The molecule has 0 radical (unpaired) electrons. The smallest absolute Gasteiger partial charge is 0.270 e. The summed E-state index contributed by atoms with van der Waals surface area (Å²) in [5, 5.41) is 10.1. The molecule has 0 aliphatic carbocycles. The molecule has 2 aromatic carbocycles. The van der Waals surface area contributed by atoms with Crippen LogP contribution in [0.2, 0.25) is 0 Å². The Morgan fingerprint density at radius 3 is 2.17 bits per heavy atom. The minimum atomic E-state index is -2.90. The maximum absolute atomic E-state index is 13.2. The maximum Gasteiger partial charge on any atom is 0.270 e. The van der Waals surface area contributed by atoms with Crippen molar-refractivity contribution in [2.75, 3.05) is 0 Å². The van der Waals surface area contributed by atoms with E-state index in [9.17, 15) is 13.9 Å². The van der Waals surface area contributed by atoms with E-state index in [2.05, 4.69) is 0 Å². The van der Waals surface area contributed by atoms with Crippen molar-refractivity contribution in [2.45, 2.75) is 19.0 Å². The lowest BCUT2D eigenvalue weighted by molar-refractivity contribution is 0.0173. The van der Waals surface area contributed by atoms with Crippen molar-refractivity contribution in [3.63, 3.8) is 0 Å². The predicted octanol–water partition coefficient (Wildman–Crippen LogP) is 3.88. The van der Waals surface area contributed by atoms with E-state index in [0.717, 1.165) is 6.92 Å². The first kappa shape index (κ1) is 12.7. The number of halogens is 2. The molecule has 1 nitrogen and oxygen atoms in total. The first-order chi connectivity index (χ1) is 8.48. The van der Waals surface area contributed by atoms with Gasteiger partial charge in [0.15, 0.2) is 0 Å². The Hall–Kier alpha value is -1.74. The Kier molecular flexibility index (Phi) is 3.43. The molecular weight excluding hydrogens is 234 g/mol. The molecule has 0 bridgehead atoms. The van der Waals surface area contributed by atoms with Crippen LogP contribution >= 0.6 is 0 Å². The molecule has 2 rings (SSSR count). The molecule has 0 aliphatic rings. The van der Waals surface area contributed by atoms with Crippen LogP contribution in [0.25, 0.3) is 0 Å². The monoisotopic (exact) mass is 248 g/mol. The average Bonchev–Trinajstić information content (AvgIpc) is 2.38. The summed E-state index contributed by atoms with van der Waals surface area (Å²) in [6.45, 7) is 0.848. The van der Waals surface area contributed by atoms with Crippen LogP contribution in [0, 0.1) is 0 Å². The van der Waals surface area contributed by atoms with Gasteiger partial charge in [-0.1, -0.05) is 48.5 Å². The third-order valence-electron chi connectivity index (χ3n) is 2.82. The summed E-state index contributed by atoms with van der Waals surface area (Å²) in [5.74, 6) is -2.90. The summed E-state index contributed by atoms with van der Waals surface area (Å²) < 4.78 is 26.4. The number of aliphatic hydroxyl groups is 1. The molecule has 94 valence electrons. The van der Waals surface area contributed by atoms with Crippen molar-refractivity contribution in [3.8, 4) is 0 Å². The van der Waals surface area contributed by atoms with Crippen molar-refractivity contribution in [3.05, 3.63) is 71.3 Å². The van der Waals surface area contributed by atoms with Crippen LogP contribution in [-0.2, 0) is 5.92 Å². The molecule has 1 N–H and O–H groups in total. The largest absolute Gasteiger partial charge is 0.384 e. The van der Waals surface area contributed by atoms with Gasteiger partial charge in [-0.25, -0.2) is 8.78 Å². The van der Waals surface area contributed by atoms with Gasteiger partial charge in [0, 0.05) is 12.5 Å². The number of benzene rings is 2. The van der Waals surface area contributed by atoms with E-state index in [1.807, 2.05) is 6.07 Å².